The molecule has 76 valence electrons. The molecule has 1 aromatic rings. The van der Waals surface area contributed by atoms with Crippen LogP contribution < -0.4 is 0 Å². The summed E-state index contributed by atoms with van der Waals surface area (Å²) in [6.45, 7) is 10.8. The first-order chi connectivity index (χ1) is 6.42. The van der Waals surface area contributed by atoms with Gasteiger partial charge in [0.25, 0.3) is 0 Å². The maximum atomic E-state index is 4.39. The van der Waals surface area contributed by atoms with E-state index in [1.165, 1.54) is 0 Å². The fraction of sp³-hybridized carbons (Fsp3) is 0.545. The predicted octanol–water partition coefficient (Wildman–Crippen LogP) is 2.51. The van der Waals surface area contributed by atoms with Crippen molar-refractivity contribution in [3.63, 3.8) is 0 Å². The number of rotatable bonds is 1. The van der Waals surface area contributed by atoms with Crippen LogP contribution in [0.15, 0.2) is 0 Å². The third-order valence-corrected chi connectivity index (χ3v) is 2.67. The maximum Gasteiger partial charge on any atom is 0.129 e. The Hall–Kier alpha value is -1.01. The largest absolute Gasteiger partial charge is 0.336 e. The predicted molar refractivity (Wildman–Crippen MR) is 62.9 cm³/mol. The Balaban J connectivity index is 3.00. The molecule has 14 heavy (non-hydrogen) atoms. The Kier molecular flexibility index (Phi) is 3.17. The van der Waals surface area contributed by atoms with Crippen molar-refractivity contribution in [2.75, 3.05) is 0 Å². The highest BCUT2D eigenvalue weighted by Gasteiger charge is 2.09. The van der Waals surface area contributed by atoms with E-state index in [9.17, 15) is 0 Å². The summed E-state index contributed by atoms with van der Waals surface area (Å²) in [5.41, 5.74) is 5.44. The van der Waals surface area contributed by atoms with Gasteiger partial charge in [-0.1, -0.05) is 32.5 Å². The van der Waals surface area contributed by atoms with E-state index in [-0.39, 0.29) is 0 Å². The molecule has 0 fully saturated rings. The third kappa shape index (κ3) is 3.04. The molecule has 0 spiro atoms. The minimum Gasteiger partial charge on any atom is -0.336 e. The molecular formula is C11H18N2Si. The van der Waals surface area contributed by atoms with Crippen LogP contribution in [0.5, 0.6) is 0 Å². The molecule has 0 aliphatic carbocycles. The van der Waals surface area contributed by atoms with Gasteiger partial charge in [0, 0.05) is 0 Å². The van der Waals surface area contributed by atoms with Crippen LogP contribution >= 0.6 is 0 Å². The Bertz CT molecular complexity index is 374. The summed E-state index contributed by atoms with van der Waals surface area (Å²) in [6.07, 6.45) is 0.944. The van der Waals surface area contributed by atoms with Crippen LogP contribution in [-0.4, -0.2) is 18.0 Å². The van der Waals surface area contributed by atoms with Gasteiger partial charge in [0.2, 0.25) is 0 Å². The lowest BCUT2D eigenvalue weighted by molar-refractivity contribution is 1.04. The van der Waals surface area contributed by atoms with E-state index in [1.807, 2.05) is 6.92 Å². The Labute approximate surface area is 87.2 Å². The minimum absolute atomic E-state index is 0.944. The third-order valence-electron chi connectivity index (χ3n) is 1.79. The second kappa shape index (κ2) is 4.01. The topological polar surface area (TPSA) is 28.7 Å². The van der Waals surface area contributed by atoms with E-state index >= 15 is 0 Å². The molecule has 0 unspecified atom stereocenters. The van der Waals surface area contributed by atoms with Crippen LogP contribution in [-0.2, 0) is 6.42 Å². The van der Waals surface area contributed by atoms with Crippen LogP contribution in [0.3, 0.4) is 0 Å². The zero-order valence-electron chi connectivity index (χ0n) is 9.65. The molecule has 0 saturated carbocycles. The monoisotopic (exact) mass is 206 g/mol. The van der Waals surface area contributed by atoms with Crippen LogP contribution in [0.1, 0.15) is 24.1 Å². The molecule has 0 atom stereocenters. The number of aryl methyl sites for hydroxylation is 2. The number of aromatic amines is 1. The summed E-state index contributed by atoms with van der Waals surface area (Å²) in [5, 5.41) is 0. The zero-order chi connectivity index (χ0) is 10.8. The van der Waals surface area contributed by atoms with Crippen LogP contribution in [0.2, 0.25) is 19.6 Å². The lowest BCUT2D eigenvalue weighted by atomic mass is 10.3. The normalized spacial score (nSPS) is 10.9. The number of hydrogen-bond acceptors (Lipinski definition) is 1. The van der Waals surface area contributed by atoms with Crippen molar-refractivity contribution >= 4 is 8.07 Å². The van der Waals surface area contributed by atoms with E-state index in [1.54, 1.807) is 0 Å². The van der Waals surface area contributed by atoms with E-state index < -0.39 is 8.07 Å². The summed E-state index contributed by atoms with van der Waals surface area (Å²) < 4.78 is 0. The van der Waals surface area contributed by atoms with Gasteiger partial charge in [-0.05, 0) is 13.3 Å². The van der Waals surface area contributed by atoms with E-state index in [0.717, 1.165) is 23.6 Å². The van der Waals surface area contributed by atoms with Gasteiger partial charge < -0.3 is 4.98 Å². The summed E-state index contributed by atoms with van der Waals surface area (Å²) in [4.78, 5) is 7.59. The molecule has 2 nitrogen and oxygen atoms in total. The molecule has 1 N–H and O–H groups in total. The maximum absolute atomic E-state index is 4.39. The summed E-state index contributed by atoms with van der Waals surface area (Å²) >= 11 is 0. The van der Waals surface area contributed by atoms with Crippen LogP contribution in [0.4, 0.5) is 0 Å². The van der Waals surface area contributed by atoms with Crippen molar-refractivity contribution in [1.82, 2.24) is 9.97 Å². The van der Waals surface area contributed by atoms with Crippen molar-refractivity contribution in [2.24, 2.45) is 0 Å². The average molecular weight is 206 g/mol. The molecule has 0 bridgehead atoms. The zero-order valence-corrected chi connectivity index (χ0v) is 10.7. The van der Waals surface area contributed by atoms with Crippen molar-refractivity contribution < 1.29 is 0 Å². The van der Waals surface area contributed by atoms with Crippen molar-refractivity contribution in [1.29, 1.82) is 0 Å². The number of nitrogens with zero attached hydrogens (tertiary/aromatic N) is 1. The second-order valence-electron chi connectivity index (χ2n) is 4.50. The quantitative estimate of drug-likeness (QED) is 0.555. The van der Waals surface area contributed by atoms with Crippen molar-refractivity contribution in [3.05, 3.63) is 17.2 Å². The van der Waals surface area contributed by atoms with Crippen molar-refractivity contribution in [2.45, 2.75) is 39.9 Å². The molecule has 1 aromatic heterocycles. The van der Waals surface area contributed by atoms with Crippen LogP contribution in [0.25, 0.3) is 0 Å². The Morgan fingerprint density at radius 2 is 2.00 bits per heavy atom. The summed E-state index contributed by atoms with van der Waals surface area (Å²) in [5.74, 6) is 4.18. The first-order valence-electron chi connectivity index (χ1n) is 5.01. The number of hydrogen-bond donors (Lipinski definition) is 1. The van der Waals surface area contributed by atoms with Crippen molar-refractivity contribution in [3.8, 4) is 11.5 Å². The highest BCUT2D eigenvalue weighted by Crippen LogP contribution is 2.06. The molecule has 0 radical (unpaired) electrons. The minimum atomic E-state index is -1.28. The van der Waals surface area contributed by atoms with Gasteiger partial charge in [-0.2, -0.15) is 0 Å². The highest BCUT2D eigenvalue weighted by atomic mass is 28.3. The summed E-state index contributed by atoms with van der Waals surface area (Å²) in [7, 11) is -1.28. The highest BCUT2D eigenvalue weighted by molar-refractivity contribution is 6.83. The van der Waals surface area contributed by atoms with Gasteiger partial charge in [-0.15, -0.1) is 5.54 Å². The first-order valence-corrected chi connectivity index (χ1v) is 8.51. The molecular weight excluding hydrogens is 188 g/mol. The fourth-order valence-electron chi connectivity index (χ4n) is 1.15. The van der Waals surface area contributed by atoms with Gasteiger partial charge in [-0.3, -0.25) is 0 Å². The van der Waals surface area contributed by atoms with Crippen LogP contribution in [0, 0.1) is 18.4 Å². The molecule has 1 rings (SSSR count). The Morgan fingerprint density at radius 3 is 2.50 bits per heavy atom. The van der Waals surface area contributed by atoms with E-state index in [4.69, 9.17) is 0 Å². The second-order valence-corrected chi connectivity index (χ2v) is 9.25. The number of H-pyrrole nitrogens is 1. The summed E-state index contributed by atoms with van der Waals surface area (Å²) in [6, 6.07) is 0. The fourth-order valence-corrected chi connectivity index (χ4v) is 1.65. The number of aromatic nitrogens is 2. The van der Waals surface area contributed by atoms with Gasteiger partial charge in [-0.25, -0.2) is 4.98 Å². The molecule has 0 aromatic carbocycles. The standard InChI is InChI=1S/C11H18N2Si/c1-6-10-11(13-9(2)12-10)7-8-14(3,4)5/h6H2,1-5H3,(H,12,13). The van der Waals surface area contributed by atoms with Gasteiger partial charge in [0.1, 0.15) is 19.6 Å². The van der Waals surface area contributed by atoms with Gasteiger partial charge >= 0.3 is 0 Å². The van der Waals surface area contributed by atoms with Gasteiger partial charge in [0.15, 0.2) is 0 Å². The smallest absolute Gasteiger partial charge is 0.129 e. The lowest BCUT2D eigenvalue weighted by Gasteiger charge is -2.02. The van der Waals surface area contributed by atoms with E-state index in [2.05, 4.69) is 48.0 Å². The Morgan fingerprint density at radius 1 is 1.36 bits per heavy atom. The molecule has 3 heteroatoms. The molecule has 0 aliphatic rings. The SMILES string of the molecule is CCc1nc(C)[nH]c1C#C[Si](C)(C)C. The average Bonchev–Trinajstić information content (AvgIpc) is 2.41. The molecule has 0 amide bonds. The molecule has 1 heterocycles. The first kappa shape index (κ1) is 11.1. The number of nitrogens with one attached hydrogen (secondary N) is 1. The van der Waals surface area contributed by atoms with Gasteiger partial charge in [0.05, 0.1) is 5.69 Å². The lowest BCUT2D eigenvalue weighted by Crippen LogP contribution is -2.16. The molecule has 0 saturated heterocycles. The number of imidazole rings is 1. The van der Waals surface area contributed by atoms with E-state index in [0.29, 0.717) is 0 Å². The molecule has 0 aliphatic heterocycles.